The van der Waals surface area contributed by atoms with Crippen molar-refractivity contribution in [1.29, 1.82) is 0 Å². The van der Waals surface area contributed by atoms with Crippen molar-refractivity contribution >= 4 is 0 Å². The van der Waals surface area contributed by atoms with Gasteiger partial charge in [0.1, 0.15) is 0 Å². The summed E-state index contributed by atoms with van der Waals surface area (Å²) < 4.78 is 4.99. The molecule has 0 aliphatic heterocycles. The summed E-state index contributed by atoms with van der Waals surface area (Å²) in [5, 5.41) is 3.42. The Morgan fingerprint density at radius 1 is 1.07 bits per heavy atom. The van der Waals surface area contributed by atoms with Crippen molar-refractivity contribution in [2.75, 3.05) is 26.8 Å². The zero-order chi connectivity index (χ0) is 11.5. The zero-order valence-corrected chi connectivity index (χ0v) is 11.0. The third-order valence-electron chi connectivity index (χ3n) is 2.91. The first-order valence-corrected chi connectivity index (χ1v) is 6.40. The molecular weight excluding hydrogens is 186 g/mol. The van der Waals surface area contributed by atoms with Gasteiger partial charge in [0.2, 0.25) is 0 Å². The van der Waals surface area contributed by atoms with Gasteiger partial charge in [-0.1, -0.05) is 40.0 Å². The van der Waals surface area contributed by atoms with Gasteiger partial charge in [-0.05, 0) is 24.8 Å². The number of hydrogen-bond donors (Lipinski definition) is 1. The summed E-state index contributed by atoms with van der Waals surface area (Å²) in [7, 11) is 1.75. The van der Waals surface area contributed by atoms with Crippen molar-refractivity contribution in [2.24, 2.45) is 11.8 Å². The van der Waals surface area contributed by atoms with Crippen LogP contribution in [0.25, 0.3) is 0 Å². The van der Waals surface area contributed by atoms with Crippen LogP contribution in [0.1, 0.15) is 46.5 Å². The van der Waals surface area contributed by atoms with Gasteiger partial charge in [-0.25, -0.2) is 0 Å². The molecule has 0 rings (SSSR count). The molecule has 0 amide bonds. The molecule has 0 heterocycles. The van der Waals surface area contributed by atoms with Crippen LogP contribution in [0.2, 0.25) is 0 Å². The lowest BCUT2D eigenvalue weighted by molar-refractivity contribution is 0.197. The van der Waals surface area contributed by atoms with E-state index >= 15 is 0 Å². The van der Waals surface area contributed by atoms with Crippen LogP contribution in [0.5, 0.6) is 0 Å². The Labute approximate surface area is 95.8 Å². The molecule has 0 fully saturated rings. The van der Waals surface area contributed by atoms with Crippen molar-refractivity contribution in [3.05, 3.63) is 0 Å². The van der Waals surface area contributed by atoms with Crippen LogP contribution in [0.15, 0.2) is 0 Å². The van der Waals surface area contributed by atoms with E-state index in [9.17, 15) is 0 Å². The fraction of sp³-hybridized carbons (Fsp3) is 1.00. The first kappa shape index (κ1) is 14.9. The van der Waals surface area contributed by atoms with Crippen molar-refractivity contribution in [1.82, 2.24) is 5.32 Å². The molecule has 2 atom stereocenters. The first-order valence-electron chi connectivity index (χ1n) is 6.40. The predicted molar refractivity (Wildman–Crippen MR) is 67.2 cm³/mol. The highest BCUT2D eigenvalue weighted by Gasteiger charge is 2.05. The molecule has 2 nitrogen and oxygen atoms in total. The van der Waals surface area contributed by atoms with Gasteiger partial charge in [0, 0.05) is 13.7 Å². The predicted octanol–water partition coefficient (Wildman–Crippen LogP) is 3.07. The molecule has 2 heteroatoms. The fourth-order valence-electron chi connectivity index (χ4n) is 1.83. The van der Waals surface area contributed by atoms with Crippen LogP contribution < -0.4 is 5.32 Å². The van der Waals surface area contributed by atoms with Crippen molar-refractivity contribution < 1.29 is 4.74 Å². The van der Waals surface area contributed by atoms with Gasteiger partial charge in [0.15, 0.2) is 0 Å². The molecule has 0 saturated carbocycles. The Kier molecular flexibility index (Phi) is 10.4. The highest BCUT2D eigenvalue weighted by atomic mass is 16.5. The van der Waals surface area contributed by atoms with Crippen LogP contribution in [0.3, 0.4) is 0 Å². The molecule has 0 aliphatic carbocycles. The van der Waals surface area contributed by atoms with Gasteiger partial charge in [0.05, 0.1) is 6.61 Å². The molecular formula is C13H29NO. The minimum absolute atomic E-state index is 0.793. The summed E-state index contributed by atoms with van der Waals surface area (Å²) in [6.45, 7) is 9.89. The van der Waals surface area contributed by atoms with E-state index in [-0.39, 0.29) is 0 Å². The molecule has 0 saturated heterocycles. The van der Waals surface area contributed by atoms with Gasteiger partial charge in [-0.3, -0.25) is 0 Å². The third kappa shape index (κ3) is 10.2. The smallest absolute Gasteiger partial charge is 0.0587 e. The van der Waals surface area contributed by atoms with Gasteiger partial charge in [0.25, 0.3) is 0 Å². The first-order chi connectivity index (χ1) is 7.20. The molecule has 15 heavy (non-hydrogen) atoms. The van der Waals surface area contributed by atoms with Gasteiger partial charge in [-0.15, -0.1) is 0 Å². The van der Waals surface area contributed by atoms with E-state index in [0.29, 0.717) is 0 Å². The summed E-state index contributed by atoms with van der Waals surface area (Å²) in [6.07, 6.45) is 5.42. The fourth-order valence-corrected chi connectivity index (χ4v) is 1.83. The van der Waals surface area contributed by atoms with Crippen LogP contribution >= 0.6 is 0 Å². The largest absolute Gasteiger partial charge is 0.383 e. The monoisotopic (exact) mass is 215 g/mol. The van der Waals surface area contributed by atoms with Crippen LogP contribution in [0, 0.1) is 11.8 Å². The Balaban J connectivity index is 3.28. The SMILES string of the molecule is CCCC(C)CCC(C)CNCCOC. The van der Waals surface area contributed by atoms with Gasteiger partial charge in [-0.2, -0.15) is 0 Å². The topological polar surface area (TPSA) is 21.3 Å². The Bertz CT molecular complexity index is 128. The Morgan fingerprint density at radius 2 is 1.73 bits per heavy atom. The third-order valence-corrected chi connectivity index (χ3v) is 2.91. The van der Waals surface area contributed by atoms with E-state index in [2.05, 4.69) is 26.1 Å². The second-order valence-corrected chi connectivity index (χ2v) is 4.77. The van der Waals surface area contributed by atoms with Gasteiger partial charge >= 0.3 is 0 Å². The Morgan fingerprint density at radius 3 is 2.33 bits per heavy atom. The molecule has 0 radical (unpaired) electrons. The average molecular weight is 215 g/mol. The molecule has 0 aromatic rings. The molecule has 0 aliphatic rings. The molecule has 0 aromatic heterocycles. The lowest BCUT2D eigenvalue weighted by Crippen LogP contribution is -2.25. The summed E-state index contributed by atoms with van der Waals surface area (Å²) in [5.74, 6) is 1.69. The second kappa shape index (κ2) is 10.4. The van der Waals surface area contributed by atoms with Crippen LogP contribution in [-0.4, -0.2) is 26.8 Å². The Hall–Kier alpha value is -0.0800. The van der Waals surface area contributed by atoms with E-state index < -0.39 is 0 Å². The summed E-state index contributed by atoms with van der Waals surface area (Å²) in [5.41, 5.74) is 0. The molecule has 2 unspecified atom stereocenters. The van der Waals surface area contributed by atoms with E-state index in [1.54, 1.807) is 7.11 Å². The maximum Gasteiger partial charge on any atom is 0.0587 e. The van der Waals surface area contributed by atoms with Crippen LogP contribution in [-0.2, 0) is 4.74 Å². The number of methoxy groups -OCH3 is 1. The summed E-state index contributed by atoms with van der Waals surface area (Å²) in [6, 6.07) is 0. The minimum Gasteiger partial charge on any atom is -0.383 e. The number of ether oxygens (including phenoxy) is 1. The van der Waals surface area contributed by atoms with Crippen molar-refractivity contribution in [2.45, 2.75) is 46.5 Å². The van der Waals surface area contributed by atoms with Crippen molar-refractivity contribution in [3.8, 4) is 0 Å². The maximum absolute atomic E-state index is 4.99. The summed E-state index contributed by atoms with van der Waals surface area (Å²) >= 11 is 0. The summed E-state index contributed by atoms with van der Waals surface area (Å²) in [4.78, 5) is 0. The van der Waals surface area contributed by atoms with Crippen LogP contribution in [0.4, 0.5) is 0 Å². The van der Waals surface area contributed by atoms with Crippen molar-refractivity contribution in [3.63, 3.8) is 0 Å². The van der Waals surface area contributed by atoms with E-state index in [1.807, 2.05) is 0 Å². The lowest BCUT2D eigenvalue weighted by Gasteiger charge is -2.15. The minimum atomic E-state index is 0.793. The standard InChI is InChI=1S/C13H29NO/c1-5-6-12(2)7-8-13(3)11-14-9-10-15-4/h12-14H,5-11H2,1-4H3. The number of nitrogens with one attached hydrogen (secondary N) is 1. The number of rotatable bonds is 10. The zero-order valence-electron chi connectivity index (χ0n) is 11.0. The van der Waals surface area contributed by atoms with E-state index in [1.165, 1.54) is 25.7 Å². The number of hydrogen-bond acceptors (Lipinski definition) is 2. The molecule has 92 valence electrons. The lowest BCUT2D eigenvalue weighted by atomic mass is 9.95. The second-order valence-electron chi connectivity index (χ2n) is 4.77. The average Bonchev–Trinajstić information content (AvgIpc) is 2.22. The normalized spacial score (nSPS) is 15.2. The molecule has 0 aromatic carbocycles. The van der Waals surface area contributed by atoms with Gasteiger partial charge < -0.3 is 10.1 Å². The quantitative estimate of drug-likeness (QED) is 0.565. The van der Waals surface area contributed by atoms with E-state index in [0.717, 1.165) is 31.5 Å². The highest BCUT2D eigenvalue weighted by Crippen LogP contribution is 2.15. The highest BCUT2D eigenvalue weighted by molar-refractivity contribution is 4.60. The molecule has 0 spiro atoms. The molecule has 0 bridgehead atoms. The van der Waals surface area contributed by atoms with E-state index in [4.69, 9.17) is 4.74 Å². The maximum atomic E-state index is 4.99. The molecule has 1 N–H and O–H groups in total.